The van der Waals surface area contributed by atoms with Crippen LogP contribution in [0.1, 0.15) is 11.1 Å². The first-order valence-electron chi connectivity index (χ1n) is 7.29. The molecule has 3 N–H and O–H groups in total. The van der Waals surface area contributed by atoms with Gasteiger partial charge in [0.05, 0.1) is 9.79 Å². The number of aryl methyl sites for hydroxylation is 1. The van der Waals surface area contributed by atoms with Gasteiger partial charge in [-0.05, 0) is 48.9 Å². The number of anilines is 1. The highest BCUT2D eigenvalue weighted by atomic mass is 32.3. The van der Waals surface area contributed by atoms with E-state index in [0.29, 0.717) is 11.3 Å². The van der Waals surface area contributed by atoms with E-state index in [2.05, 4.69) is 5.32 Å². The van der Waals surface area contributed by atoms with E-state index in [1.807, 2.05) is 0 Å². The maximum atomic E-state index is 12.5. The fourth-order valence-corrected chi connectivity index (χ4v) is 5.29. The van der Waals surface area contributed by atoms with Crippen molar-refractivity contribution in [1.82, 2.24) is 4.13 Å². The molecule has 2 aromatic carbocycles. The molecule has 0 fully saturated rings. The normalized spacial score (nSPS) is 17.0. The number of aliphatic hydroxyl groups is 1. The number of rotatable bonds is 4. The van der Waals surface area contributed by atoms with Crippen LogP contribution in [0.4, 0.5) is 5.69 Å². The first-order valence-corrected chi connectivity index (χ1v) is 10.3. The second-order valence-electron chi connectivity index (χ2n) is 5.60. The summed E-state index contributed by atoms with van der Waals surface area (Å²) in [7, 11) is -8.51. The van der Waals surface area contributed by atoms with Gasteiger partial charge in [-0.1, -0.05) is 23.8 Å². The SMILES string of the molecule is Cc1ccc(S(=O)(=O)NS(=O)(=O)c2ccc3c(c2)C=CC(O)N3)cc1. The molecule has 9 heteroatoms. The second-order valence-corrected chi connectivity index (χ2v) is 9.22. The first-order chi connectivity index (χ1) is 11.7. The maximum absolute atomic E-state index is 12.5. The van der Waals surface area contributed by atoms with Gasteiger partial charge in [-0.3, -0.25) is 0 Å². The van der Waals surface area contributed by atoms with Crippen LogP contribution in [0.15, 0.2) is 58.3 Å². The summed E-state index contributed by atoms with van der Waals surface area (Å²) in [4.78, 5) is -0.325. The van der Waals surface area contributed by atoms with Crippen LogP contribution in [0.25, 0.3) is 6.08 Å². The summed E-state index contributed by atoms with van der Waals surface area (Å²) < 4.78 is 51.3. The van der Waals surface area contributed by atoms with Gasteiger partial charge < -0.3 is 10.4 Å². The number of hydrogen-bond donors (Lipinski definition) is 3. The number of nitrogens with one attached hydrogen (secondary N) is 2. The lowest BCUT2D eigenvalue weighted by molar-refractivity contribution is 0.252. The Labute approximate surface area is 146 Å². The molecule has 0 radical (unpaired) electrons. The van der Waals surface area contributed by atoms with Gasteiger partial charge in [-0.2, -0.15) is 0 Å². The van der Waals surface area contributed by atoms with Crippen molar-refractivity contribution in [3.05, 3.63) is 59.7 Å². The van der Waals surface area contributed by atoms with Crippen molar-refractivity contribution >= 4 is 31.8 Å². The van der Waals surface area contributed by atoms with E-state index >= 15 is 0 Å². The van der Waals surface area contributed by atoms with Gasteiger partial charge in [0.1, 0.15) is 6.23 Å². The quantitative estimate of drug-likeness (QED) is 0.739. The fourth-order valence-electron chi connectivity index (χ4n) is 2.34. The van der Waals surface area contributed by atoms with Crippen molar-refractivity contribution in [2.24, 2.45) is 0 Å². The van der Waals surface area contributed by atoms with Gasteiger partial charge in [-0.25, -0.2) is 16.8 Å². The van der Waals surface area contributed by atoms with Crippen LogP contribution in [0.2, 0.25) is 0 Å². The summed E-state index contributed by atoms with van der Waals surface area (Å²) in [6.07, 6.45) is 2.16. The Morgan fingerprint density at radius 2 is 1.56 bits per heavy atom. The zero-order chi connectivity index (χ0) is 18.2. The molecule has 3 rings (SSSR count). The van der Waals surface area contributed by atoms with Crippen LogP contribution in [0.5, 0.6) is 0 Å². The van der Waals surface area contributed by atoms with Crippen molar-refractivity contribution < 1.29 is 21.9 Å². The van der Waals surface area contributed by atoms with E-state index in [4.69, 9.17) is 0 Å². The van der Waals surface area contributed by atoms with Gasteiger partial charge in [0.2, 0.25) is 0 Å². The molecule has 1 heterocycles. The van der Waals surface area contributed by atoms with Crippen molar-refractivity contribution in [3.8, 4) is 0 Å². The minimum absolute atomic E-state index is 0.135. The zero-order valence-electron chi connectivity index (χ0n) is 13.2. The minimum Gasteiger partial charge on any atom is -0.370 e. The van der Waals surface area contributed by atoms with Crippen LogP contribution >= 0.6 is 0 Å². The van der Waals surface area contributed by atoms with Crippen LogP contribution < -0.4 is 9.44 Å². The van der Waals surface area contributed by atoms with E-state index < -0.39 is 26.3 Å². The third kappa shape index (κ3) is 3.74. The summed E-state index contributed by atoms with van der Waals surface area (Å²) in [5.74, 6) is 0. The van der Waals surface area contributed by atoms with E-state index in [-0.39, 0.29) is 9.79 Å². The van der Waals surface area contributed by atoms with Crippen LogP contribution in [-0.4, -0.2) is 28.2 Å². The summed E-state index contributed by atoms with van der Waals surface area (Å²) >= 11 is 0. The summed E-state index contributed by atoms with van der Waals surface area (Å²) in [5.41, 5.74) is 1.94. The van der Waals surface area contributed by atoms with Gasteiger partial charge in [0, 0.05) is 5.69 Å². The Balaban J connectivity index is 1.93. The second kappa shape index (κ2) is 6.26. The van der Waals surface area contributed by atoms with E-state index in [1.165, 1.54) is 36.4 Å². The van der Waals surface area contributed by atoms with Crippen LogP contribution in [-0.2, 0) is 20.0 Å². The minimum atomic E-state index is -4.29. The molecule has 0 bridgehead atoms. The van der Waals surface area contributed by atoms with Gasteiger partial charge in [0.25, 0.3) is 20.0 Å². The first kappa shape index (κ1) is 17.6. The average molecular weight is 380 g/mol. The molecule has 0 amide bonds. The van der Waals surface area contributed by atoms with E-state index in [0.717, 1.165) is 5.56 Å². The van der Waals surface area contributed by atoms with E-state index in [1.54, 1.807) is 29.3 Å². The molecule has 0 saturated carbocycles. The fraction of sp³-hybridized carbons (Fsp3) is 0.125. The molecule has 0 spiro atoms. The Bertz CT molecular complexity index is 1040. The van der Waals surface area contributed by atoms with Gasteiger partial charge in [0.15, 0.2) is 0 Å². The van der Waals surface area contributed by atoms with Crippen molar-refractivity contribution in [2.45, 2.75) is 22.9 Å². The Kier molecular flexibility index (Phi) is 4.41. The topological polar surface area (TPSA) is 113 Å². The highest BCUT2D eigenvalue weighted by Gasteiger charge is 2.25. The highest BCUT2D eigenvalue weighted by molar-refractivity contribution is 8.04. The molecule has 1 atom stereocenters. The van der Waals surface area contributed by atoms with Crippen molar-refractivity contribution in [3.63, 3.8) is 0 Å². The predicted octanol–water partition coefficient (Wildman–Crippen LogP) is 1.42. The molecule has 1 aliphatic rings. The summed E-state index contributed by atoms with van der Waals surface area (Å²) in [5, 5.41) is 12.2. The zero-order valence-corrected chi connectivity index (χ0v) is 14.8. The van der Waals surface area contributed by atoms with Crippen molar-refractivity contribution in [1.29, 1.82) is 0 Å². The number of hydrogen-bond acceptors (Lipinski definition) is 6. The highest BCUT2D eigenvalue weighted by Crippen LogP contribution is 2.26. The average Bonchev–Trinajstić information content (AvgIpc) is 2.53. The smallest absolute Gasteiger partial charge is 0.253 e. The Morgan fingerprint density at radius 3 is 2.24 bits per heavy atom. The van der Waals surface area contributed by atoms with E-state index in [9.17, 15) is 21.9 Å². The summed E-state index contributed by atoms with van der Waals surface area (Å²) in [6.45, 7) is 1.80. The maximum Gasteiger partial charge on any atom is 0.253 e. The molecule has 2 aromatic rings. The predicted molar refractivity (Wildman–Crippen MR) is 93.8 cm³/mol. The molecule has 132 valence electrons. The lowest BCUT2D eigenvalue weighted by atomic mass is 10.1. The molecular formula is C16H16N2O5S2. The lowest BCUT2D eigenvalue weighted by Crippen LogP contribution is -2.31. The molecule has 7 nitrogen and oxygen atoms in total. The number of sulfonamides is 2. The standard InChI is InChI=1S/C16H16N2O5S2/c1-11-2-5-13(6-3-11)24(20,21)18-25(22,23)14-7-8-15-12(10-14)4-9-16(19)17-15/h2-10,16-19H,1H3. The lowest BCUT2D eigenvalue weighted by Gasteiger charge is -2.18. The largest absolute Gasteiger partial charge is 0.370 e. The number of aliphatic hydroxyl groups excluding tert-OH is 1. The third-order valence-corrected chi connectivity index (χ3v) is 7.17. The molecular weight excluding hydrogens is 364 g/mol. The molecule has 0 saturated heterocycles. The van der Waals surface area contributed by atoms with Gasteiger partial charge >= 0.3 is 0 Å². The molecule has 0 aliphatic carbocycles. The third-order valence-electron chi connectivity index (χ3n) is 3.65. The summed E-state index contributed by atoms with van der Waals surface area (Å²) in [6, 6.07) is 9.92. The van der Waals surface area contributed by atoms with Crippen LogP contribution in [0.3, 0.4) is 0 Å². The number of fused-ring (bicyclic) bond motifs is 1. The number of benzene rings is 2. The van der Waals surface area contributed by atoms with Gasteiger partial charge in [-0.15, -0.1) is 4.13 Å². The molecule has 1 unspecified atom stereocenters. The molecule has 1 aliphatic heterocycles. The monoisotopic (exact) mass is 380 g/mol. The Morgan fingerprint density at radius 1 is 0.960 bits per heavy atom. The Hall–Kier alpha value is -2.20. The molecule has 0 aromatic heterocycles. The van der Waals surface area contributed by atoms with Crippen LogP contribution in [0, 0.1) is 6.92 Å². The van der Waals surface area contributed by atoms with Crippen molar-refractivity contribution in [2.75, 3.05) is 5.32 Å². The molecule has 25 heavy (non-hydrogen) atoms.